The Labute approximate surface area is 198 Å². The third kappa shape index (κ3) is 4.14. The quantitative estimate of drug-likeness (QED) is 0.444. The highest BCUT2D eigenvalue weighted by atomic mass is 32.2. The first-order valence-corrected chi connectivity index (χ1v) is 11.8. The van der Waals surface area contributed by atoms with Gasteiger partial charge < -0.3 is 10.0 Å². The molecule has 2 aromatic heterocycles. The number of benzene rings is 2. The summed E-state index contributed by atoms with van der Waals surface area (Å²) in [6.07, 6.45) is 0. The molecule has 2 heterocycles. The van der Waals surface area contributed by atoms with E-state index in [2.05, 4.69) is 4.98 Å². The Morgan fingerprint density at radius 1 is 1.06 bits per heavy atom. The average molecular weight is 507 g/mol. The smallest absolute Gasteiger partial charge is 0.493 e. The summed E-state index contributed by atoms with van der Waals surface area (Å²) in [5.74, 6) is 0.266. The molecule has 184 valence electrons. The second kappa shape index (κ2) is 8.45. The Kier molecular flexibility index (Phi) is 5.87. The molecular formula is C23H21F3N4O4S. The first-order chi connectivity index (χ1) is 16.3. The van der Waals surface area contributed by atoms with Gasteiger partial charge in [0.1, 0.15) is 5.82 Å². The lowest BCUT2D eigenvalue weighted by Gasteiger charge is -2.15. The zero-order valence-corrected chi connectivity index (χ0v) is 19.7. The zero-order valence-electron chi connectivity index (χ0n) is 18.9. The molecule has 0 radical (unpaired) electrons. The molecule has 2 aromatic carbocycles. The molecule has 35 heavy (non-hydrogen) atoms. The molecule has 0 amide bonds. The van der Waals surface area contributed by atoms with Gasteiger partial charge in [-0.1, -0.05) is 18.2 Å². The highest BCUT2D eigenvalue weighted by molar-refractivity contribution is 7.92. The van der Waals surface area contributed by atoms with E-state index in [9.17, 15) is 31.5 Å². The van der Waals surface area contributed by atoms with Gasteiger partial charge in [0.25, 0.3) is 9.84 Å². The van der Waals surface area contributed by atoms with Gasteiger partial charge in [-0.25, -0.2) is 22.8 Å². The minimum Gasteiger partial charge on any atom is -0.493 e. The van der Waals surface area contributed by atoms with Crippen molar-refractivity contribution in [1.29, 1.82) is 0 Å². The van der Waals surface area contributed by atoms with E-state index in [1.54, 1.807) is 0 Å². The Morgan fingerprint density at radius 2 is 1.69 bits per heavy atom. The van der Waals surface area contributed by atoms with E-state index in [0.717, 1.165) is 45.3 Å². The molecule has 4 aromatic rings. The molecule has 0 saturated carbocycles. The zero-order chi connectivity index (χ0) is 25.7. The van der Waals surface area contributed by atoms with E-state index in [1.165, 1.54) is 11.5 Å². The van der Waals surface area contributed by atoms with Crippen molar-refractivity contribution in [2.75, 3.05) is 19.0 Å². The van der Waals surface area contributed by atoms with Crippen molar-refractivity contribution in [2.45, 2.75) is 23.9 Å². The van der Waals surface area contributed by atoms with Crippen LogP contribution in [0.3, 0.4) is 0 Å². The van der Waals surface area contributed by atoms with Crippen molar-refractivity contribution in [3.8, 4) is 11.6 Å². The van der Waals surface area contributed by atoms with Crippen LogP contribution >= 0.6 is 0 Å². The number of halogens is 3. The van der Waals surface area contributed by atoms with E-state index < -0.39 is 31.8 Å². The lowest BCUT2D eigenvalue weighted by atomic mass is 10.1. The van der Waals surface area contributed by atoms with Crippen molar-refractivity contribution in [3.05, 3.63) is 76.3 Å². The predicted molar refractivity (Wildman–Crippen MR) is 125 cm³/mol. The number of alkyl halides is 3. The molecule has 0 aliphatic carbocycles. The fourth-order valence-electron chi connectivity index (χ4n) is 3.73. The number of anilines is 1. The third-order valence-electron chi connectivity index (χ3n) is 5.65. The van der Waals surface area contributed by atoms with Gasteiger partial charge in [-0.2, -0.15) is 13.2 Å². The maximum absolute atomic E-state index is 13.3. The minimum atomic E-state index is -5.54. The number of para-hydroxylation sites is 1. The molecule has 0 saturated heterocycles. The van der Waals surface area contributed by atoms with E-state index in [4.69, 9.17) is 0 Å². The molecule has 8 nitrogen and oxygen atoms in total. The summed E-state index contributed by atoms with van der Waals surface area (Å²) in [5.41, 5.74) is -4.35. The normalized spacial score (nSPS) is 12.3. The van der Waals surface area contributed by atoms with Gasteiger partial charge in [0.05, 0.1) is 28.3 Å². The van der Waals surface area contributed by atoms with Gasteiger partial charge in [0.15, 0.2) is 0 Å². The van der Waals surface area contributed by atoms with Crippen LogP contribution in [0.1, 0.15) is 11.3 Å². The van der Waals surface area contributed by atoms with Gasteiger partial charge in [-0.15, -0.1) is 0 Å². The number of nitrogens with zero attached hydrogens (tertiary/aromatic N) is 4. The van der Waals surface area contributed by atoms with E-state index >= 15 is 0 Å². The van der Waals surface area contributed by atoms with Crippen LogP contribution in [0.5, 0.6) is 5.88 Å². The summed E-state index contributed by atoms with van der Waals surface area (Å²) in [5, 5.41) is 11.5. The van der Waals surface area contributed by atoms with Crippen molar-refractivity contribution >= 4 is 26.6 Å². The molecule has 0 spiro atoms. The first kappa shape index (κ1) is 24.3. The van der Waals surface area contributed by atoms with Gasteiger partial charge in [0.2, 0.25) is 5.88 Å². The molecule has 4 rings (SSSR count). The summed E-state index contributed by atoms with van der Waals surface area (Å²) >= 11 is 0. The Morgan fingerprint density at radius 3 is 2.29 bits per heavy atom. The Bertz CT molecular complexity index is 1590. The van der Waals surface area contributed by atoms with Gasteiger partial charge in [-0.05, 0) is 48.9 Å². The average Bonchev–Trinajstić information content (AvgIpc) is 3.01. The van der Waals surface area contributed by atoms with Crippen molar-refractivity contribution < 1.29 is 26.7 Å². The van der Waals surface area contributed by atoms with E-state index in [-0.39, 0.29) is 17.9 Å². The number of pyridine rings is 1. The van der Waals surface area contributed by atoms with Gasteiger partial charge >= 0.3 is 11.2 Å². The number of imidazole rings is 1. The number of fused-ring (bicyclic) bond motifs is 1. The number of hydrogen-bond acceptors (Lipinski definition) is 6. The maximum Gasteiger partial charge on any atom is 0.501 e. The molecule has 1 N–H and O–H groups in total. The van der Waals surface area contributed by atoms with E-state index in [0.29, 0.717) is 5.82 Å². The topological polar surface area (TPSA) is 97.4 Å². The molecule has 0 fully saturated rings. The number of aromatic hydroxyl groups is 1. The Balaban J connectivity index is 1.80. The predicted octanol–water partition coefficient (Wildman–Crippen LogP) is 3.61. The number of aromatic nitrogens is 3. The van der Waals surface area contributed by atoms with Crippen molar-refractivity contribution in [2.24, 2.45) is 0 Å². The fourth-order valence-corrected chi connectivity index (χ4v) is 4.49. The first-order valence-electron chi connectivity index (χ1n) is 10.3. The molecule has 0 atom stereocenters. The van der Waals surface area contributed by atoms with Crippen LogP contribution in [-0.2, 0) is 16.4 Å². The molecule has 12 heteroatoms. The minimum absolute atomic E-state index is 0.0176. The van der Waals surface area contributed by atoms with Gasteiger partial charge in [0, 0.05) is 19.5 Å². The van der Waals surface area contributed by atoms with Crippen LogP contribution in [0, 0.1) is 6.92 Å². The lowest BCUT2D eigenvalue weighted by molar-refractivity contribution is -0.0436. The summed E-state index contributed by atoms with van der Waals surface area (Å²) in [6.45, 7) is 1.63. The number of hydrogen-bond donors (Lipinski definition) is 1. The van der Waals surface area contributed by atoms with Crippen LogP contribution in [0.15, 0.2) is 64.3 Å². The van der Waals surface area contributed by atoms with Crippen LogP contribution in [0.4, 0.5) is 19.0 Å². The molecule has 0 bridgehead atoms. The van der Waals surface area contributed by atoms with Crippen LogP contribution in [-0.4, -0.2) is 47.2 Å². The molecular weight excluding hydrogens is 485 g/mol. The lowest BCUT2D eigenvalue weighted by Crippen LogP contribution is -2.25. The SMILES string of the molecule is Cc1c(O)n(-c2ccc(S(=O)(=O)C(F)(F)F)cc2)c(=O)n1Cc1cc(N(C)C)nc2ccccc12. The molecule has 0 aliphatic heterocycles. The second-order valence-corrected chi connectivity index (χ2v) is 10.0. The largest absolute Gasteiger partial charge is 0.501 e. The monoisotopic (exact) mass is 506 g/mol. The third-order valence-corrected chi connectivity index (χ3v) is 7.15. The molecule has 0 unspecified atom stereocenters. The van der Waals surface area contributed by atoms with Crippen molar-refractivity contribution in [3.63, 3.8) is 0 Å². The molecule has 0 aliphatic rings. The summed E-state index contributed by atoms with van der Waals surface area (Å²) in [7, 11) is -1.86. The fraction of sp³-hybridized carbons (Fsp3) is 0.217. The van der Waals surface area contributed by atoms with Crippen LogP contribution in [0.25, 0.3) is 16.6 Å². The maximum atomic E-state index is 13.3. The van der Waals surface area contributed by atoms with Gasteiger partial charge in [-0.3, -0.25) is 4.57 Å². The highest BCUT2D eigenvalue weighted by Gasteiger charge is 2.46. The number of rotatable bonds is 5. The van der Waals surface area contributed by atoms with E-state index in [1.807, 2.05) is 49.3 Å². The second-order valence-electron chi connectivity index (χ2n) is 8.11. The van der Waals surface area contributed by atoms with Crippen molar-refractivity contribution in [1.82, 2.24) is 14.1 Å². The standard InChI is InChI=1S/C23H21F3N4O4S/c1-14-21(31)30(16-8-10-17(11-9-16)35(33,34)23(24,25)26)22(32)29(14)13-15-12-20(28(2)3)27-19-7-5-4-6-18(15)19/h4-12,31H,13H2,1-3H3. The number of sulfone groups is 1. The summed E-state index contributed by atoms with van der Waals surface area (Å²) in [4.78, 5) is 18.7. The van der Waals surface area contributed by atoms with Crippen LogP contribution in [0.2, 0.25) is 0 Å². The summed E-state index contributed by atoms with van der Waals surface area (Å²) < 4.78 is 64.0. The van der Waals surface area contributed by atoms with Crippen LogP contribution < -0.4 is 10.6 Å². The highest BCUT2D eigenvalue weighted by Crippen LogP contribution is 2.31. The summed E-state index contributed by atoms with van der Waals surface area (Å²) in [6, 6.07) is 12.8. The Hall–Kier alpha value is -3.80.